The number of alkyl halides is 1. The molecule has 0 aliphatic rings. The van der Waals surface area contributed by atoms with E-state index < -0.39 is 11.9 Å². The van der Waals surface area contributed by atoms with E-state index in [1.807, 2.05) is 22.6 Å². The number of carboxylic acid groups (broad SMARTS) is 2. The van der Waals surface area contributed by atoms with E-state index in [0.717, 1.165) is 32.1 Å². The monoisotopic (exact) mass is 440 g/mol. The molecule has 0 saturated heterocycles. The molecule has 0 aromatic rings. The van der Waals surface area contributed by atoms with Crippen LogP contribution in [-0.2, 0) is 9.59 Å². The minimum atomic E-state index is -0.688. The first-order valence-electron chi connectivity index (χ1n) is 9.12. The van der Waals surface area contributed by atoms with E-state index in [0.29, 0.717) is 6.42 Å². The fourth-order valence-corrected chi connectivity index (χ4v) is 3.11. The third-order valence-electron chi connectivity index (χ3n) is 4.12. The van der Waals surface area contributed by atoms with Gasteiger partial charge in [0.25, 0.3) is 0 Å². The Morgan fingerprint density at radius 1 is 0.652 bits per heavy atom. The van der Waals surface area contributed by atoms with Gasteiger partial charge in [0, 0.05) is 6.42 Å². The summed E-state index contributed by atoms with van der Waals surface area (Å²) in [5, 5.41) is 17.3. The molecule has 0 fully saturated rings. The van der Waals surface area contributed by atoms with E-state index in [1.54, 1.807) is 0 Å². The summed E-state index contributed by atoms with van der Waals surface area (Å²) in [7, 11) is 0. The maximum absolute atomic E-state index is 10.7. The topological polar surface area (TPSA) is 74.6 Å². The van der Waals surface area contributed by atoms with Crippen molar-refractivity contribution in [3.05, 3.63) is 0 Å². The first-order chi connectivity index (χ1) is 11.0. The van der Waals surface area contributed by atoms with Crippen LogP contribution in [0.2, 0.25) is 0 Å². The highest BCUT2D eigenvalue weighted by Crippen LogP contribution is 2.15. The van der Waals surface area contributed by atoms with Crippen LogP contribution in [0.4, 0.5) is 0 Å². The van der Waals surface area contributed by atoms with Crippen molar-refractivity contribution in [2.24, 2.45) is 0 Å². The van der Waals surface area contributed by atoms with Crippen LogP contribution in [0.15, 0.2) is 0 Å². The van der Waals surface area contributed by atoms with Crippen molar-refractivity contribution in [3.8, 4) is 0 Å². The zero-order chi connectivity index (χ0) is 17.3. The molecule has 0 heterocycles. The molecule has 0 aromatic heterocycles. The van der Waals surface area contributed by atoms with E-state index in [1.165, 1.54) is 57.8 Å². The Balaban J connectivity index is 3.08. The fourth-order valence-electron chi connectivity index (χ4n) is 2.67. The second-order valence-corrected chi connectivity index (χ2v) is 7.84. The summed E-state index contributed by atoms with van der Waals surface area (Å²) in [6, 6.07) is 0. The fraction of sp³-hybridized carbons (Fsp3) is 0.889. The number of carboxylic acids is 2. The third-order valence-corrected chi connectivity index (χ3v) is 5.27. The summed E-state index contributed by atoms with van der Waals surface area (Å²) in [5.74, 6) is -1.37. The number of hydrogen-bond acceptors (Lipinski definition) is 2. The van der Waals surface area contributed by atoms with Gasteiger partial charge in [-0.3, -0.25) is 9.59 Å². The molecular formula is C18H33IO4. The first-order valence-corrected chi connectivity index (χ1v) is 10.4. The molecule has 0 bridgehead atoms. The Morgan fingerprint density at radius 3 is 1.35 bits per heavy atom. The average Bonchev–Trinajstić information content (AvgIpc) is 2.50. The largest absolute Gasteiger partial charge is 0.481 e. The molecule has 0 saturated carbocycles. The van der Waals surface area contributed by atoms with Gasteiger partial charge in [0.05, 0.1) is 0 Å². The van der Waals surface area contributed by atoms with Crippen LogP contribution < -0.4 is 0 Å². The molecule has 0 aromatic carbocycles. The highest BCUT2D eigenvalue weighted by Gasteiger charge is 2.11. The second kappa shape index (κ2) is 16.5. The van der Waals surface area contributed by atoms with E-state index in [-0.39, 0.29) is 3.92 Å². The summed E-state index contributed by atoms with van der Waals surface area (Å²) >= 11 is 2.01. The number of carbonyl (C=O) groups is 2. The van der Waals surface area contributed by atoms with Crippen molar-refractivity contribution in [1.82, 2.24) is 0 Å². The predicted molar refractivity (Wildman–Crippen MR) is 102 cm³/mol. The zero-order valence-electron chi connectivity index (χ0n) is 14.3. The molecule has 0 spiro atoms. The van der Waals surface area contributed by atoms with Crippen molar-refractivity contribution >= 4 is 34.5 Å². The highest BCUT2D eigenvalue weighted by molar-refractivity contribution is 14.1. The van der Waals surface area contributed by atoms with Gasteiger partial charge in [0.15, 0.2) is 0 Å². The number of hydrogen-bond donors (Lipinski definition) is 2. The smallest absolute Gasteiger partial charge is 0.316 e. The van der Waals surface area contributed by atoms with Crippen LogP contribution in [0, 0.1) is 0 Å². The lowest BCUT2D eigenvalue weighted by molar-refractivity contribution is -0.137. The Bertz CT molecular complexity index is 307. The summed E-state index contributed by atoms with van der Waals surface area (Å²) in [4.78, 5) is 21.0. The van der Waals surface area contributed by atoms with E-state index in [9.17, 15) is 9.59 Å². The maximum atomic E-state index is 10.7. The molecule has 0 aliphatic heterocycles. The molecule has 0 radical (unpaired) electrons. The summed E-state index contributed by atoms with van der Waals surface area (Å²) in [6.45, 7) is 0. The van der Waals surface area contributed by atoms with E-state index >= 15 is 0 Å². The SMILES string of the molecule is O=C(O)CCCCCCCCCCCCCCCC(I)C(=O)O. The summed E-state index contributed by atoms with van der Waals surface area (Å²) in [6.07, 6.45) is 16.6. The van der Waals surface area contributed by atoms with Gasteiger partial charge in [-0.2, -0.15) is 0 Å². The third kappa shape index (κ3) is 17.9. The molecule has 1 unspecified atom stereocenters. The van der Waals surface area contributed by atoms with Crippen LogP contribution >= 0.6 is 22.6 Å². The standard InChI is InChI=1S/C18H33IO4/c19-16(18(22)23)14-12-10-8-6-4-2-1-3-5-7-9-11-13-15-17(20)21/h16H,1-15H2,(H,20,21)(H,22,23). The molecule has 0 aliphatic carbocycles. The Hall–Kier alpha value is -0.330. The lowest BCUT2D eigenvalue weighted by Gasteiger charge is -2.05. The Kier molecular flexibility index (Phi) is 16.3. The van der Waals surface area contributed by atoms with Gasteiger partial charge < -0.3 is 10.2 Å². The van der Waals surface area contributed by atoms with Crippen LogP contribution in [0.25, 0.3) is 0 Å². The molecule has 0 amide bonds. The zero-order valence-corrected chi connectivity index (χ0v) is 16.4. The average molecular weight is 440 g/mol. The maximum Gasteiger partial charge on any atom is 0.316 e. The molecule has 1 atom stereocenters. The van der Waals surface area contributed by atoms with Crippen molar-refractivity contribution in [3.63, 3.8) is 0 Å². The van der Waals surface area contributed by atoms with Gasteiger partial charge >= 0.3 is 11.9 Å². The minimum absolute atomic E-state index is 0.225. The van der Waals surface area contributed by atoms with Gasteiger partial charge in [-0.1, -0.05) is 99.6 Å². The quantitative estimate of drug-likeness (QED) is 0.170. The van der Waals surface area contributed by atoms with Crippen molar-refractivity contribution < 1.29 is 19.8 Å². The van der Waals surface area contributed by atoms with Crippen molar-refractivity contribution in [1.29, 1.82) is 0 Å². The number of rotatable bonds is 17. The van der Waals surface area contributed by atoms with Crippen LogP contribution in [0.1, 0.15) is 96.3 Å². The molecule has 2 N–H and O–H groups in total. The predicted octanol–water partition coefficient (Wildman–Crippen LogP) is 5.81. The highest BCUT2D eigenvalue weighted by atomic mass is 127. The van der Waals surface area contributed by atoms with E-state index in [2.05, 4.69) is 0 Å². The lowest BCUT2D eigenvalue weighted by Crippen LogP contribution is -2.11. The van der Waals surface area contributed by atoms with Gasteiger partial charge in [-0.25, -0.2) is 0 Å². The van der Waals surface area contributed by atoms with Crippen molar-refractivity contribution in [2.75, 3.05) is 0 Å². The summed E-state index contributed by atoms with van der Waals surface area (Å²) < 4.78 is -0.225. The van der Waals surface area contributed by atoms with Crippen molar-refractivity contribution in [2.45, 2.75) is 100 Å². The second-order valence-electron chi connectivity index (χ2n) is 6.33. The van der Waals surface area contributed by atoms with Gasteiger partial charge in [0.1, 0.15) is 3.92 Å². The molecule has 0 rings (SSSR count). The number of halogens is 1. The Labute approximate surface area is 154 Å². The normalized spacial score (nSPS) is 12.2. The van der Waals surface area contributed by atoms with Crippen LogP contribution in [0.3, 0.4) is 0 Å². The number of aliphatic carboxylic acids is 2. The minimum Gasteiger partial charge on any atom is -0.481 e. The number of unbranched alkanes of at least 4 members (excludes halogenated alkanes) is 12. The van der Waals surface area contributed by atoms with Crippen LogP contribution in [-0.4, -0.2) is 26.1 Å². The van der Waals surface area contributed by atoms with Gasteiger partial charge in [-0.05, 0) is 12.8 Å². The van der Waals surface area contributed by atoms with E-state index in [4.69, 9.17) is 10.2 Å². The van der Waals surface area contributed by atoms with Gasteiger partial charge in [0.2, 0.25) is 0 Å². The molecule has 136 valence electrons. The van der Waals surface area contributed by atoms with Crippen LogP contribution in [0.5, 0.6) is 0 Å². The molecule has 5 heteroatoms. The lowest BCUT2D eigenvalue weighted by atomic mass is 10.0. The molecule has 23 heavy (non-hydrogen) atoms. The summed E-state index contributed by atoms with van der Waals surface area (Å²) in [5.41, 5.74) is 0. The Morgan fingerprint density at radius 2 is 1.00 bits per heavy atom. The first kappa shape index (κ1) is 22.7. The van der Waals surface area contributed by atoms with Gasteiger partial charge in [-0.15, -0.1) is 0 Å². The molecular weight excluding hydrogens is 407 g/mol. The molecule has 4 nitrogen and oxygen atoms in total.